The van der Waals surface area contributed by atoms with E-state index in [-0.39, 0.29) is 6.04 Å². The Balaban J connectivity index is 2.22. The van der Waals surface area contributed by atoms with Gasteiger partial charge in [0.15, 0.2) is 5.82 Å². The van der Waals surface area contributed by atoms with Gasteiger partial charge in [-0.2, -0.15) is 9.64 Å². The highest BCUT2D eigenvalue weighted by atomic mass is 32.1. The van der Waals surface area contributed by atoms with Gasteiger partial charge in [-0.05, 0) is 29.4 Å². The summed E-state index contributed by atoms with van der Waals surface area (Å²) in [5, 5.41) is 15.3. The number of aromatic nitrogens is 1. The van der Waals surface area contributed by atoms with Crippen LogP contribution >= 0.6 is 22.9 Å². The van der Waals surface area contributed by atoms with Crippen LogP contribution in [0, 0.1) is 11.3 Å². The van der Waals surface area contributed by atoms with E-state index in [1.807, 2.05) is 6.07 Å². The van der Waals surface area contributed by atoms with Gasteiger partial charge in [0.1, 0.15) is 16.6 Å². The molecule has 2 heterocycles. The molecular weight excluding hydrogens is 264 g/mol. The molecule has 0 bridgehead atoms. The van der Waals surface area contributed by atoms with Crippen molar-refractivity contribution in [2.24, 2.45) is 0 Å². The normalized spacial score (nSPS) is 12.0. The van der Waals surface area contributed by atoms with Crippen LogP contribution in [0.3, 0.4) is 0 Å². The summed E-state index contributed by atoms with van der Waals surface area (Å²) in [7, 11) is 0. The summed E-state index contributed by atoms with van der Waals surface area (Å²) in [4.78, 5) is 1.27. The zero-order valence-corrected chi connectivity index (χ0v) is 11.6. The summed E-state index contributed by atoms with van der Waals surface area (Å²) in [5.41, 5.74) is 6.12. The predicted octanol–water partition coefficient (Wildman–Crippen LogP) is 3.61. The maximum Gasteiger partial charge on any atom is 0.157 e. The minimum absolute atomic E-state index is 0.224. The number of rotatable bonds is 5. The SMILES string of the molecule is CCCC(Nc1snc(N)c1C#N)c1cccs1. The van der Waals surface area contributed by atoms with E-state index in [1.54, 1.807) is 11.3 Å². The van der Waals surface area contributed by atoms with Crippen LogP contribution in [0.2, 0.25) is 0 Å². The maximum absolute atomic E-state index is 9.06. The first-order chi connectivity index (χ1) is 8.76. The van der Waals surface area contributed by atoms with Crippen LogP contribution in [0.1, 0.15) is 36.2 Å². The highest BCUT2D eigenvalue weighted by Crippen LogP contribution is 2.32. The Bertz CT molecular complexity index is 539. The quantitative estimate of drug-likeness (QED) is 0.876. The largest absolute Gasteiger partial charge is 0.382 e. The van der Waals surface area contributed by atoms with E-state index >= 15 is 0 Å². The van der Waals surface area contributed by atoms with Crippen molar-refractivity contribution in [1.29, 1.82) is 5.26 Å². The zero-order valence-electron chi connectivity index (χ0n) is 10.0. The van der Waals surface area contributed by atoms with Crippen molar-refractivity contribution in [3.05, 3.63) is 28.0 Å². The second-order valence-corrected chi connectivity index (χ2v) is 5.64. The average molecular weight is 278 g/mol. The fourth-order valence-corrected chi connectivity index (χ4v) is 3.26. The topological polar surface area (TPSA) is 74.7 Å². The van der Waals surface area contributed by atoms with E-state index in [0.717, 1.165) is 17.8 Å². The lowest BCUT2D eigenvalue weighted by molar-refractivity contribution is 0.689. The van der Waals surface area contributed by atoms with Crippen molar-refractivity contribution in [2.45, 2.75) is 25.8 Å². The molecule has 0 aliphatic heterocycles. The molecule has 18 heavy (non-hydrogen) atoms. The Kier molecular flexibility index (Phi) is 4.18. The Morgan fingerprint density at radius 2 is 2.44 bits per heavy atom. The first kappa shape index (κ1) is 12.9. The summed E-state index contributed by atoms with van der Waals surface area (Å²) >= 11 is 2.97. The molecule has 2 aromatic rings. The van der Waals surface area contributed by atoms with Crippen molar-refractivity contribution in [1.82, 2.24) is 4.37 Å². The molecule has 6 heteroatoms. The van der Waals surface area contributed by atoms with Gasteiger partial charge in [-0.25, -0.2) is 0 Å². The molecule has 0 spiro atoms. The van der Waals surface area contributed by atoms with E-state index in [0.29, 0.717) is 11.4 Å². The minimum Gasteiger partial charge on any atom is -0.382 e. The molecule has 0 saturated carbocycles. The van der Waals surface area contributed by atoms with Gasteiger partial charge < -0.3 is 11.1 Å². The Hall–Kier alpha value is -1.58. The number of nitrogens with zero attached hydrogens (tertiary/aromatic N) is 2. The monoisotopic (exact) mass is 278 g/mol. The maximum atomic E-state index is 9.06. The molecule has 0 fully saturated rings. The number of nitrogens with one attached hydrogen (secondary N) is 1. The van der Waals surface area contributed by atoms with Crippen LogP contribution in [0.15, 0.2) is 17.5 Å². The van der Waals surface area contributed by atoms with Gasteiger partial charge in [-0.15, -0.1) is 11.3 Å². The number of anilines is 2. The third kappa shape index (κ3) is 2.63. The van der Waals surface area contributed by atoms with E-state index in [1.165, 1.54) is 16.4 Å². The van der Waals surface area contributed by atoms with Crippen LogP contribution in [0.25, 0.3) is 0 Å². The molecule has 3 N–H and O–H groups in total. The summed E-state index contributed by atoms with van der Waals surface area (Å²) < 4.78 is 4.02. The van der Waals surface area contributed by atoms with E-state index in [4.69, 9.17) is 11.0 Å². The Labute approximate surface area is 114 Å². The second-order valence-electron chi connectivity index (χ2n) is 3.88. The number of nitrogen functional groups attached to an aromatic ring is 1. The number of nitrogens with two attached hydrogens (primary N) is 1. The van der Waals surface area contributed by atoms with Gasteiger partial charge in [0, 0.05) is 4.88 Å². The summed E-state index contributed by atoms with van der Waals surface area (Å²) in [6.45, 7) is 2.15. The Morgan fingerprint density at radius 3 is 3.06 bits per heavy atom. The number of thiophene rings is 1. The highest BCUT2D eigenvalue weighted by Gasteiger charge is 2.17. The standard InChI is InChI=1S/C12H14N4S2/c1-2-4-9(10-5-3-6-17-10)15-12-8(7-13)11(14)16-18-12/h3,5-6,9,15H,2,4H2,1H3,(H2,14,16). The predicted molar refractivity (Wildman–Crippen MR) is 76.8 cm³/mol. The highest BCUT2D eigenvalue weighted by molar-refractivity contribution is 7.11. The van der Waals surface area contributed by atoms with Crippen molar-refractivity contribution in [3.63, 3.8) is 0 Å². The van der Waals surface area contributed by atoms with Crippen molar-refractivity contribution in [3.8, 4) is 6.07 Å². The molecule has 0 aliphatic carbocycles. The molecule has 1 unspecified atom stereocenters. The van der Waals surface area contributed by atoms with Crippen LogP contribution in [-0.4, -0.2) is 4.37 Å². The van der Waals surface area contributed by atoms with Gasteiger partial charge in [0.2, 0.25) is 0 Å². The van der Waals surface area contributed by atoms with E-state index in [9.17, 15) is 0 Å². The summed E-state index contributed by atoms with van der Waals surface area (Å²) in [6.07, 6.45) is 2.09. The molecule has 94 valence electrons. The first-order valence-corrected chi connectivity index (χ1v) is 7.36. The number of nitriles is 1. The van der Waals surface area contributed by atoms with Crippen LogP contribution in [0.5, 0.6) is 0 Å². The molecular formula is C12H14N4S2. The summed E-state index contributed by atoms with van der Waals surface area (Å²) in [6, 6.07) is 6.47. The molecule has 0 aliphatic rings. The molecule has 0 saturated heterocycles. The Morgan fingerprint density at radius 1 is 1.61 bits per heavy atom. The van der Waals surface area contributed by atoms with Gasteiger partial charge in [0.05, 0.1) is 6.04 Å². The van der Waals surface area contributed by atoms with Crippen molar-refractivity contribution < 1.29 is 0 Å². The number of hydrogen-bond donors (Lipinski definition) is 2. The first-order valence-electron chi connectivity index (χ1n) is 5.71. The third-order valence-electron chi connectivity index (χ3n) is 2.60. The third-order valence-corrected chi connectivity index (χ3v) is 4.38. The molecule has 1 atom stereocenters. The molecule has 0 amide bonds. The molecule has 2 aromatic heterocycles. The number of hydrogen-bond acceptors (Lipinski definition) is 6. The fraction of sp³-hybridized carbons (Fsp3) is 0.333. The van der Waals surface area contributed by atoms with Crippen LogP contribution in [0.4, 0.5) is 10.8 Å². The van der Waals surface area contributed by atoms with Gasteiger partial charge in [-0.1, -0.05) is 19.4 Å². The van der Waals surface area contributed by atoms with Gasteiger partial charge >= 0.3 is 0 Å². The lowest BCUT2D eigenvalue weighted by Gasteiger charge is -2.16. The van der Waals surface area contributed by atoms with E-state index in [2.05, 4.69) is 34.1 Å². The van der Waals surface area contributed by atoms with Crippen molar-refractivity contribution >= 4 is 33.7 Å². The summed E-state index contributed by atoms with van der Waals surface area (Å²) in [5.74, 6) is 0.312. The smallest absolute Gasteiger partial charge is 0.157 e. The van der Waals surface area contributed by atoms with Crippen LogP contribution < -0.4 is 11.1 Å². The van der Waals surface area contributed by atoms with Crippen molar-refractivity contribution in [2.75, 3.05) is 11.1 Å². The molecule has 2 rings (SSSR count). The van der Waals surface area contributed by atoms with E-state index < -0.39 is 0 Å². The lowest BCUT2D eigenvalue weighted by Crippen LogP contribution is -2.09. The lowest BCUT2D eigenvalue weighted by atomic mass is 10.1. The molecule has 0 radical (unpaired) electrons. The average Bonchev–Trinajstić information content (AvgIpc) is 2.98. The zero-order chi connectivity index (χ0) is 13.0. The minimum atomic E-state index is 0.224. The fourth-order valence-electron chi connectivity index (χ4n) is 1.73. The van der Waals surface area contributed by atoms with Crippen LogP contribution in [-0.2, 0) is 0 Å². The molecule has 0 aromatic carbocycles. The molecule has 4 nitrogen and oxygen atoms in total. The second kappa shape index (κ2) is 5.85. The van der Waals surface area contributed by atoms with Gasteiger partial charge in [-0.3, -0.25) is 0 Å². The van der Waals surface area contributed by atoms with Gasteiger partial charge in [0.25, 0.3) is 0 Å².